The van der Waals surface area contributed by atoms with Crippen molar-refractivity contribution in [1.82, 2.24) is 0 Å². The number of aryl methyl sites for hydroxylation is 2. The van der Waals surface area contributed by atoms with Gasteiger partial charge in [0.1, 0.15) is 11.6 Å². The van der Waals surface area contributed by atoms with Gasteiger partial charge in [-0.3, -0.25) is 14.4 Å². The smallest absolute Gasteiger partial charge is 0.163 e. The molecule has 0 N–H and O–H groups in total. The van der Waals surface area contributed by atoms with Gasteiger partial charge in [0, 0.05) is 17.9 Å². The second kappa shape index (κ2) is 12.5. The molecule has 3 heteroatoms. The molecule has 0 heterocycles. The Balaban J connectivity index is 2.24. The topological polar surface area (TPSA) is 51.2 Å². The Morgan fingerprint density at radius 1 is 1.09 bits per heavy atom. The van der Waals surface area contributed by atoms with Crippen molar-refractivity contribution in [2.45, 2.75) is 106 Å². The van der Waals surface area contributed by atoms with Gasteiger partial charge in [0.15, 0.2) is 5.78 Å². The minimum atomic E-state index is -0.0710. The predicted octanol–water partition coefficient (Wildman–Crippen LogP) is 7.10. The summed E-state index contributed by atoms with van der Waals surface area (Å²) in [5.74, 6) is 1.48. The van der Waals surface area contributed by atoms with Gasteiger partial charge in [0.05, 0.1) is 6.42 Å². The van der Waals surface area contributed by atoms with E-state index in [0.717, 1.165) is 56.1 Å². The lowest BCUT2D eigenvalue weighted by atomic mass is 9.71. The summed E-state index contributed by atoms with van der Waals surface area (Å²) in [7, 11) is 0. The normalized spacial score (nSPS) is 17.8. The van der Waals surface area contributed by atoms with Crippen LogP contribution in [0.25, 0.3) is 0 Å². The van der Waals surface area contributed by atoms with Gasteiger partial charge in [0.2, 0.25) is 0 Å². The van der Waals surface area contributed by atoms with E-state index in [-0.39, 0.29) is 41.5 Å². The van der Waals surface area contributed by atoms with Crippen LogP contribution in [-0.4, -0.2) is 17.3 Å². The van der Waals surface area contributed by atoms with Crippen molar-refractivity contribution >= 4 is 17.3 Å². The molecule has 3 atom stereocenters. The molecule has 0 fully saturated rings. The summed E-state index contributed by atoms with van der Waals surface area (Å²) >= 11 is 0. The highest BCUT2D eigenvalue weighted by Gasteiger charge is 2.33. The summed E-state index contributed by atoms with van der Waals surface area (Å²) in [6.45, 7) is 12.3. The number of Topliss-reactive ketones (excluding diaryl/α,β-unsaturated/α-hetero) is 3. The van der Waals surface area contributed by atoms with Crippen molar-refractivity contribution in [3.8, 4) is 0 Å². The zero-order valence-electron chi connectivity index (χ0n) is 21.3. The summed E-state index contributed by atoms with van der Waals surface area (Å²) < 4.78 is 0. The van der Waals surface area contributed by atoms with E-state index in [1.165, 1.54) is 24.5 Å². The van der Waals surface area contributed by atoms with Crippen molar-refractivity contribution in [2.75, 3.05) is 0 Å². The molecule has 1 aliphatic carbocycles. The van der Waals surface area contributed by atoms with Crippen molar-refractivity contribution in [2.24, 2.45) is 23.7 Å². The maximum Gasteiger partial charge on any atom is 0.163 e. The maximum atomic E-state index is 13.2. The first-order valence-electron chi connectivity index (χ1n) is 12.8. The number of carbonyl (C=O) groups excluding carboxylic acids is 3. The van der Waals surface area contributed by atoms with E-state index in [9.17, 15) is 14.4 Å². The molecule has 0 aliphatic heterocycles. The average Bonchev–Trinajstić information content (AvgIpc) is 2.69. The Labute approximate surface area is 195 Å². The first-order valence-corrected chi connectivity index (χ1v) is 12.8. The monoisotopic (exact) mass is 440 g/mol. The molecule has 0 aromatic heterocycles. The molecular weight excluding hydrogens is 396 g/mol. The van der Waals surface area contributed by atoms with Gasteiger partial charge < -0.3 is 0 Å². The number of fused-ring (bicyclic) bond motifs is 1. The number of benzene rings is 1. The third kappa shape index (κ3) is 7.12. The molecule has 0 bridgehead atoms. The molecule has 0 saturated heterocycles. The van der Waals surface area contributed by atoms with Crippen molar-refractivity contribution < 1.29 is 14.4 Å². The van der Waals surface area contributed by atoms with Gasteiger partial charge in [-0.05, 0) is 80.4 Å². The van der Waals surface area contributed by atoms with E-state index < -0.39 is 0 Å². The fraction of sp³-hybridized carbons (Fsp3) is 0.690. The standard InChI is InChI=1S/C29H44O3/c1-7-10-24(25(8-2)27(31)15-21(6)30)16-22-17-26-23(12-9-11-19(3)4)14-13-20(5)29(26)28(32)18-22/h13-14,19,22,24-25H,7-12,15-18H2,1-6H3. The Morgan fingerprint density at radius 3 is 2.41 bits per heavy atom. The van der Waals surface area contributed by atoms with Crippen LogP contribution in [0.1, 0.15) is 113 Å². The van der Waals surface area contributed by atoms with E-state index >= 15 is 0 Å². The van der Waals surface area contributed by atoms with Gasteiger partial charge >= 0.3 is 0 Å². The van der Waals surface area contributed by atoms with Gasteiger partial charge in [-0.25, -0.2) is 0 Å². The van der Waals surface area contributed by atoms with Crippen LogP contribution in [0.2, 0.25) is 0 Å². The molecule has 0 amide bonds. The van der Waals surface area contributed by atoms with Crippen molar-refractivity contribution in [3.63, 3.8) is 0 Å². The molecule has 32 heavy (non-hydrogen) atoms. The molecule has 1 aliphatic rings. The molecule has 0 radical (unpaired) electrons. The molecule has 1 aromatic rings. The average molecular weight is 441 g/mol. The van der Waals surface area contributed by atoms with Gasteiger partial charge in [-0.15, -0.1) is 0 Å². The largest absolute Gasteiger partial charge is 0.300 e. The van der Waals surface area contributed by atoms with E-state index in [1.54, 1.807) is 0 Å². The Bertz CT molecular complexity index is 805. The highest BCUT2D eigenvalue weighted by molar-refractivity contribution is 6.00. The van der Waals surface area contributed by atoms with Gasteiger partial charge in [0.25, 0.3) is 0 Å². The van der Waals surface area contributed by atoms with Crippen molar-refractivity contribution in [1.29, 1.82) is 0 Å². The lowest BCUT2D eigenvalue weighted by molar-refractivity contribution is -0.129. The van der Waals surface area contributed by atoms with E-state index in [1.807, 2.05) is 0 Å². The highest BCUT2D eigenvalue weighted by Crippen LogP contribution is 2.37. The summed E-state index contributed by atoms with van der Waals surface area (Å²) in [6.07, 6.45) is 8.64. The van der Waals surface area contributed by atoms with Crippen molar-refractivity contribution in [3.05, 3.63) is 34.4 Å². The Morgan fingerprint density at radius 2 is 1.81 bits per heavy atom. The number of hydrogen-bond donors (Lipinski definition) is 0. The minimum Gasteiger partial charge on any atom is -0.300 e. The van der Waals surface area contributed by atoms with Crippen LogP contribution in [0, 0.1) is 30.6 Å². The molecule has 178 valence electrons. The molecule has 3 unspecified atom stereocenters. The summed E-state index contributed by atoms with van der Waals surface area (Å²) in [5.41, 5.74) is 4.68. The lowest BCUT2D eigenvalue weighted by Crippen LogP contribution is -2.30. The zero-order chi connectivity index (χ0) is 23.8. The van der Waals surface area contributed by atoms with Gasteiger partial charge in [-0.2, -0.15) is 0 Å². The molecule has 1 aromatic carbocycles. The van der Waals surface area contributed by atoms with Crippen LogP contribution < -0.4 is 0 Å². The van der Waals surface area contributed by atoms with E-state index in [0.29, 0.717) is 12.3 Å². The van der Waals surface area contributed by atoms with Crippen LogP contribution in [-0.2, 0) is 22.4 Å². The molecule has 3 nitrogen and oxygen atoms in total. The summed E-state index contributed by atoms with van der Waals surface area (Å²) in [5, 5.41) is 0. The SMILES string of the molecule is CCCC(CC1CC(=O)c2c(C)ccc(CCCC(C)C)c2C1)C(CC)C(=O)CC(C)=O. The third-order valence-electron chi connectivity index (χ3n) is 7.23. The predicted molar refractivity (Wildman–Crippen MR) is 132 cm³/mol. The minimum absolute atomic E-state index is 0.0460. The first kappa shape index (κ1) is 26.5. The van der Waals surface area contributed by atoms with Crippen LogP contribution in [0.4, 0.5) is 0 Å². The zero-order valence-corrected chi connectivity index (χ0v) is 21.3. The second-order valence-electron chi connectivity index (χ2n) is 10.5. The number of carbonyl (C=O) groups is 3. The maximum absolute atomic E-state index is 13.2. The van der Waals surface area contributed by atoms with Gasteiger partial charge in [-0.1, -0.05) is 59.1 Å². The quantitative estimate of drug-likeness (QED) is 0.307. The molecular formula is C29H44O3. The fourth-order valence-corrected chi connectivity index (χ4v) is 5.74. The second-order valence-corrected chi connectivity index (χ2v) is 10.5. The van der Waals surface area contributed by atoms with Crippen LogP contribution in [0.5, 0.6) is 0 Å². The number of rotatable bonds is 13. The fourth-order valence-electron chi connectivity index (χ4n) is 5.74. The van der Waals surface area contributed by atoms with E-state index in [4.69, 9.17) is 0 Å². The van der Waals surface area contributed by atoms with Crippen LogP contribution in [0.15, 0.2) is 12.1 Å². The molecule has 2 rings (SSSR count). The number of hydrogen-bond acceptors (Lipinski definition) is 3. The van der Waals surface area contributed by atoms with Crippen LogP contribution in [0.3, 0.4) is 0 Å². The third-order valence-corrected chi connectivity index (χ3v) is 7.23. The Hall–Kier alpha value is -1.77. The van der Waals surface area contributed by atoms with E-state index in [2.05, 4.69) is 46.8 Å². The number of ketones is 3. The Kier molecular flexibility index (Phi) is 10.3. The summed E-state index contributed by atoms with van der Waals surface area (Å²) in [6, 6.07) is 4.36. The molecule has 0 saturated carbocycles. The van der Waals surface area contributed by atoms with Crippen LogP contribution >= 0.6 is 0 Å². The summed E-state index contributed by atoms with van der Waals surface area (Å²) in [4.78, 5) is 37.5. The lowest BCUT2D eigenvalue weighted by Gasteiger charge is -2.32. The highest BCUT2D eigenvalue weighted by atomic mass is 16.1. The first-order chi connectivity index (χ1) is 15.2. The molecule has 0 spiro atoms.